The van der Waals surface area contributed by atoms with Crippen LogP contribution < -0.4 is 5.56 Å². The van der Waals surface area contributed by atoms with Crippen molar-refractivity contribution >= 4 is 11.0 Å². The molecule has 2 heterocycles. The van der Waals surface area contributed by atoms with E-state index in [1.54, 1.807) is 10.6 Å². The molecule has 0 aliphatic carbocycles. The highest BCUT2D eigenvalue weighted by Crippen LogP contribution is 2.10. The van der Waals surface area contributed by atoms with E-state index in [2.05, 4.69) is 4.98 Å². The number of fused-ring (bicyclic) bond motifs is 1. The minimum atomic E-state index is -0.419. The van der Waals surface area contributed by atoms with E-state index in [9.17, 15) is 9.18 Å². The molecule has 0 unspecified atom stereocenters. The molecule has 2 aromatic heterocycles. The molecular weight excluding hydrogens is 195 g/mol. The molecule has 0 aliphatic rings. The maximum Gasteiger partial charge on any atom is 0.251 e. The van der Waals surface area contributed by atoms with Crippen molar-refractivity contribution in [3.63, 3.8) is 0 Å². The Balaban J connectivity index is 2.78. The van der Waals surface area contributed by atoms with Gasteiger partial charge in [0.2, 0.25) is 0 Å². The van der Waals surface area contributed by atoms with Crippen molar-refractivity contribution in [2.45, 2.75) is 19.9 Å². The Kier molecular flexibility index (Phi) is 2.49. The monoisotopic (exact) mass is 206 g/mol. The third-order valence-electron chi connectivity index (χ3n) is 2.25. The maximum atomic E-state index is 13.0. The first-order valence-electron chi connectivity index (χ1n) is 4.87. The average molecular weight is 206 g/mol. The lowest BCUT2D eigenvalue weighted by atomic mass is 10.3. The van der Waals surface area contributed by atoms with Crippen LogP contribution in [0.2, 0.25) is 0 Å². The van der Waals surface area contributed by atoms with Gasteiger partial charge in [0, 0.05) is 18.7 Å². The first-order valence-corrected chi connectivity index (χ1v) is 4.87. The molecule has 2 rings (SSSR count). The molecule has 0 N–H and O–H groups in total. The van der Waals surface area contributed by atoms with Gasteiger partial charge >= 0.3 is 0 Å². The summed E-state index contributed by atoms with van der Waals surface area (Å²) in [6.45, 7) is 2.55. The van der Waals surface area contributed by atoms with Crippen LogP contribution >= 0.6 is 0 Å². The van der Waals surface area contributed by atoms with Crippen molar-refractivity contribution in [3.05, 3.63) is 40.6 Å². The Labute approximate surface area is 86.2 Å². The van der Waals surface area contributed by atoms with E-state index in [1.807, 2.05) is 6.92 Å². The molecule has 3 nitrogen and oxygen atoms in total. The molecule has 0 radical (unpaired) electrons. The van der Waals surface area contributed by atoms with E-state index in [-0.39, 0.29) is 5.56 Å². The number of aryl methyl sites for hydroxylation is 1. The molecule has 0 aliphatic heterocycles. The molecule has 0 saturated heterocycles. The van der Waals surface area contributed by atoms with Crippen LogP contribution in [0.1, 0.15) is 13.3 Å². The van der Waals surface area contributed by atoms with Crippen LogP contribution in [-0.2, 0) is 6.54 Å². The molecule has 0 saturated carbocycles. The van der Waals surface area contributed by atoms with Crippen LogP contribution in [0.15, 0.2) is 29.2 Å². The summed E-state index contributed by atoms with van der Waals surface area (Å²) in [6, 6.07) is 4.42. The third kappa shape index (κ3) is 1.75. The quantitative estimate of drug-likeness (QED) is 0.752. The van der Waals surface area contributed by atoms with Gasteiger partial charge in [0.1, 0.15) is 5.82 Å². The highest BCUT2D eigenvalue weighted by molar-refractivity contribution is 5.74. The SMILES string of the molecule is CCCn1c(=O)ccc2ncc(F)cc21. The van der Waals surface area contributed by atoms with Gasteiger partial charge < -0.3 is 4.57 Å². The minimum absolute atomic E-state index is 0.114. The summed E-state index contributed by atoms with van der Waals surface area (Å²) in [5.74, 6) is -0.419. The fourth-order valence-corrected chi connectivity index (χ4v) is 1.60. The van der Waals surface area contributed by atoms with E-state index < -0.39 is 5.82 Å². The van der Waals surface area contributed by atoms with Gasteiger partial charge in [-0.05, 0) is 12.5 Å². The number of hydrogen-bond acceptors (Lipinski definition) is 2. The molecule has 0 aromatic carbocycles. The lowest BCUT2D eigenvalue weighted by Gasteiger charge is -2.07. The highest BCUT2D eigenvalue weighted by Gasteiger charge is 2.04. The van der Waals surface area contributed by atoms with Crippen molar-refractivity contribution in [1.29, 1.82) is 0 Å². The van der Waals surface area contributed by atoms with E-state index in [1.165, 1.54) is 12.1 Å². The van der Waals surface area contributed by atoms with Crippen LogP contribution in [-0.4, -0.2) is 9.55 Å². The summed E-state index contributed by atoms with van der Waals surface area (Å²) in [5.41, 5.74) is 1.09. The molecule has 0 fully saturated rings. The second kappa shape index (κ2) is 3.81. The second-order valence-corrected chi connectivity index (χ2v) is 3.38. The Morgan fingerprint density at radius 1 is 1.47 bits per heavy atom. The van der Waals surface area contributed by atoms with Crippen LogP contribution in [0.5, 0.6) is 0 Å². The summed E-state index contributed by atoms with van der Waals surface area (Å²) < 4.78 is 14.6. The van der Waals surface area contributed by atoms with E-state index in [0.29, 0.717) is 17.6 Å². The highest BCUT2D eigenvalue weighted by atomic mass is 19.1. The molecule has 0 bridgehead atoms. The van der Waals surface area contributed by atoms with Crippen molar-refractivity contribution in [3.8, 4) is 0 Å². The molecular formula is C11H11FN2O. The molecule has 0 spiro atoms. The van der Waals surface area contributed by atoms with Gasteiger partial charge in [0.15, 0.2) is 0 Å². The van der Waals surface area contributed by atoms with Gasteiger partial charge in [0.05, 0.1) is 17.2 Å². The Bertz CT molecular complexity index is 548. The topological polar surface area (TPSA) is 34.9 Å². The van der Waals surface area contributed by atoms with Gasteiger partial charge in [-0.2, -0.15) is 0 Å². The number of aromatic nitrogens is 2. The van der Waals surface area contributed by atoms with Gasteiger partial charge in [0.25, 0.3) is 5.56 Å². The third-order valence-corrected chi connectivity index (χ3v) is 2.25. The molecule has 2 aromatic rings. The summed E-state index contributed by atoms with van der Waals surface area (Å²) in [6.07, 6.45) is 1.98. The van der Waals surface area contributed by atoms with E-state index >= 15 is 0 Å². The Hall–Kier alpha value is -1.71. The summed E-state index contributed by atoms with van der Waals surface area (Å²) in [4.78, 5) is 15.5. The summed E-state index contributed by atoms with van der Waals surface area (Å²) in [5, 5.41) is 0. The molecule has 0 atom stereocenters. The van der Waals surface area contributed by atoms with Crippen molar-refractivity contribution in [2.24, 2.45) is 0 Å². The van der Waals surface area contributed by atoms with Crippen LogP contribution in [0.25, 0.3) is 11.0 Å². The number of rotatable bonds is 2. The maximum absolute atomic E-state index is 13.0. The largest absolute Gasteiger partial charge is 0.307 e. The zero-order chi connectivity index (χ0) is 10.8. The molecule has 0 amide bonds. The van der Waals surface area contributed by atoms with Crippen LogP contribution in [0.3, 0.4) is 0 Å². The van der Waals surface area contributed by atoms with Gasteiger partial charge in [-0.3, -0.25) is 9.78 Å². The second-order valence-electron chi connectivity index (χ2n) is 3.38. The first kappa shape index (κ1) is 9.83. The first-order chi connectivity index (χ1) is 7.22. The standard InChI is InChI=1S/C11H11FN2O/c1-2-5-14-10-6-8(12)7-13-9(10)3-4-11(14)15/h3-4,6-7H,2,5H2,1H3. The van der Waals surface area contributed by atoms with Gasteiger partial charge in [-0.1, -0.05) is 6.92 Å². The average Bonchev–Trinajstić information content (AvgIpc) is 2.23. The van der Waals surface area contributed by atoms with Gasteiger partial charge in [-0.25, -0.2) is 4.39 Å². The minimum Gasteiger partial charge on any atom is -0.307 e. The number of nitrogens with zero attached hydrogens (tertiary/aromatic N) is 2. The lowest BCUT2D eigenvalue weighted by Crippen LogP contribution is -2.19. The summed E-state index contributed by atoms with van der Waals surface area (Å²) in [7, 11) is 0. The lowest BCUT2D eigenvalue weighted by molar-refractivity contribution is 0.619. The molecule has 4 heteroatoms. The normalized spacial score (nSPS) is 10.8. The van der Waals surface area contributed by atoms with Gasteiger partial charge in [-0.15, -0.1) is 0 Å². The van der Waals surface area contributed by atoms with Crippen LogP contribution in [0.4, 0.5) is 4.39 Å². The number of pyridine rings is 2. The Morgan fingerprint density at radius 2 is 2.27 bits per heavy atom. The summed E-state index contributed by atoms with van der Waals surface area (Å²) >= 11 is 0. The van der Waals surface area contributed by atoms with Crippen molar-refractivity contribution < 1.29 is 4.39 Å². The number of halogens is 1. The molecule has 15 heavy (non-hydrogen) atoms. The fourth-order valence-electron chi connectivity index (χ4n) is 1.60. The van der Waals surface area contributed by atoms with Crippen molar-refractivity contribution in [1.82, 2.24) is 9.55 Å². The van der Waals surface area contributed by atoms with E-state index in [0.717, 1.165) is 12.6 Å². The van der Waals surface area contributed by atoms with Crippen molar-refractivity contribution in [2.75, 3.05) is 0 Å². The predicted molar refractivity (Wildman–Crippen MR) is 56.3 cm³/mol. The number of hydrogen-bond donors (Lipinski definition) is 0. The van der Waals surface area contributed by atoms with Crippen LogP contribution in [0, 0.1) is 5.82 Å². The Morgan fingerprint density at radius 3 is 3.00 bits per heavy atom. The smallest absolute Gasteiger partial charge is 0.251 e. The molecule has 78 valence electrons. The predicted octanol–water partition coefficient (Wildman–Crippen LogP) is 1.95. The van der Waals surface area contributed by atoms with E-state index in [4.69, 9.17) is 0 Å². The zero-order valence-corrected chi connectivity index (χ0v) is 8.40. The fraction of sp³-hybridized carbons (Fsp3) is 0.273. The zero-order valence-electron chi connectivity index (χ0n) is 8.40.